The first kappa shape index (κ1) is 25.0. The average molecular weight is 408 g/mol. The summed E-state index contributed by atoms with van der Waals surface area (Å²) in [6.45, 7) is 12.8. The first-order valence-corrected chi connectivity index (χ1v) is 10.7. The van der Waals surface area contributed by atoms with Crippen molar-refractivity contribution in [3.8, 4) is 5.75 Å². The molecule has 0 unspecified atom stereocenters. The molecule has 0 aliphatic rings. The molecule has 0 saturated heterocycles. The molecule has 6 nitrogen and oxygen atoms in total. The van der Waals surface area contributed by atoms with Crippen LogP contribution in [0, 0.1) is 5.92 Å². The van der Waals surface area contributed by atoms with Crippen molar-refractivity contribution in [2.24, 2.45) is 5.92 Å². The number of benzene rings is 1. The van der Waals surface area contributed by atoms with Gasteiger partial charge in [-0.2, -0.15) is 0 Å². The van der Waals surface area contributed by atoms with Gasteiger partial charge in [0.05, 0.1) is 13.2 Å². The molecule has 1 rings (SSSR count). The molecule has 0 aliphatic heterocycles. The second-order valence-corrected chi connectivity index (χ2v) is 7.71. The van der Waals surface area contributed by atoms with E-state index in [1.54, 1.807) is 25.1 Å². The summed E-state index contributed by atoms with van der Waals surface area (Å²) in [4.78, 5) is 25.3. The maximum absolute atomic E-state index is 12.9. The first-order valence-electron chi connectivity index (χ1n) is 10.7. The third kappa shape index (κ3) is 8.05. The quantitative estimate of drug-likeness (QED) is 0.359. The predicted octanol–water partition coefficient (Wildman–Crippen LogP) is 5.21. The smallest absolute Gasteiger partial charge is 0.341 e. The molecule has 0 aromatic heterocycles. The van der Waals surface area contributed by atoms with Gasteiger partial charge in [-0.05, 0) is 51.3 Å². The molecule has 0 spiro atoms. The van der Waals surface area contributed by atoms with Crippen molar-refractivity contribution >= 4 is 17.6 Å². The number of rotatable bonds is 13. The Hall–Kier alpha value is -2.08. The van der Waals surface area contributed by atoms with Crippen LogP contribution in [0.2, 0.25) is 0 Å². The molecule has 6 heteroatoms. The Balaban J connectivity index is 3.05. The Bertz CT molecular complexity index is 659. The Labute approximate surface area is 175 Å². The number of nitrogens with one attached hydrogen (secondary N) is 1. The Kier molecular flexibility index (Phi) is 10.7. The zero-order valence-electron chi connectivity index (χ0n) is 18.8. The molecule has 0 heterocycles. The van der Waals surface area contributed by atoms with Crippen LogP contribution in [-0.2, 0) is 14.3 Å². The highest BCUT2D eigenvalue weighted by Gasteiger charge is 2.33. The van der Waals surface area contributed by atoms with Crippen LogP contribution in [0.1, 0.15) is 77.6 Å². The summed E-state index contributed by atoms with van der Waals surface area (Å²) < 4.78 is 16.7. The van der Waals surface area contributed by atoms with E-state index in [1.165, 1.54) is 0 Å². The molecule has 1 N–H and O–H groups in total. The maximum atomic E-state index is 12.9. The van der Waals surface area contributed by atoms with E-state index in [1.807, 2.05) is 27.7 Å². The minimum atomic E-state index is -0.916. The monoisotopic (exact) mass is 407 g/mol. The van der Waals surface area contributed by atoms with Crippen molar-refractivity contribution in [1.82, 2.24) is 0 Å². The maximum Gasteiger partial charge on any atom is 0.341 e. The summed E-state index contributed by atoms with van der Waals surface area (Å²) in [5.41, 5.74) is -0.105. The molecule has 1 aromatic rings. The van der Waals surface area contributed by atoms with Gasteiger partial charge in [-0.3, -0.25) is 4.79 Å². The molecule has 0 aliphatic carbocycles. The molecule has 0 saturated carbocycles. The van der Waals surface area contributed by atoms with Crippen molar-refractivity contribution < 1.29 is 23.8 Å². The zero-order chi connectivity index (χ0) is 21.9. The van der Waals surface area contributed by atoms with Crippen molar-refractivity contribution in [1.29, 1.82) is 0 Å². The fourth-order valence-corrected chi connectivity index (χ4v) is 2.90. The van der Waals surface area contributed by atoms with Gasteiger partial charge in [0.15, 0.2) is 0 Å². The van der Waals surface area contributed by atoms with Gasteiger partial charge in [-0.1, -0.05) is 40.0 Å². The predicted molar refractivity (Wildman–Crippen MR) is 116 cm³/mol. The number of ether oxygens (including phenoxy) is 3. The van der Waals surface area contributed by atoms with Crippen LogP contribution < -0.4 is 10.1 Å². The molecule has 0 fully saturated rings. The molecule has 0 bridgehead atoms. The summed E-state index contributed by atoms with van der Waals surface area (Å²) in [6.07, 6.45) is 3.67. The van der Waals surface area contributed by atoms with Crippen LogP contribution in [-0.4, -0.2) is 37.3 Å². The highest BCUT2D eigenvalue weighted by atomic mass is 16.5. The third-order valence-corrected chi connectivity index (χ3v) is 4.51. The average Bonchev–Trinajstić information content (AvgIpc) is 2.67. The van der Waals surface area contributed by atoms with Crippen LogP contribution in [0.4, 0.5) is 5.69 Å². The van der Waals surface area contributed by atoms with E-state index in [2.05, 4.69) is 12.2 Å². The molecule has 1 amide bonds. The van der Waals surface area contributed by atoms with E-state index < -0.39 is 11.6 Å². The fourth-order valence-electron chi connectivity index (χ4n) is 2.90. The topological polar surface area (TPSA) is 73.9 Å². The van der Waals surface area contributed by atoms with Gasteiger partial charge < -0.3 is 19.5 Å². The summed E-state index contributed by atoms with van der Waals surface area (Å²) in [5.74, 6) is 0.0732. The largest absolute Gasteiger partial charge is 0.492 e. The second kappa shape index (κ2) is 12.5. The number of carbonyl (C=O) groups excluding carboxylic acids is 2. The number of anilines is 1. The second-order valence-electron chi connectivity index (χ2n) is 7.71. The third-order valence-electron chi connectivity index (χ3n) is 4.51. The molecule has 29 heavy (non-hydrogen) atoms. The molecule has 0 radical (unpaired) electrons. The Morgan fingerprint density at radius 2 is 1.83 bits per heavy atom. The highest BCUT2D eigenvalue weighted by Crippen LogP contribution is 2.27. The lowest BCUT2D eigenvalue weighted by Crippen LogP contribution is -2.42. The highest BCUT2D eigenvalue weighted by molar-refractivity contribution is 5.99. The van der Waals surface area contributed by atoms with E-state index >= 15 is 0 Å². The van der Waals surface area contributed by atoms with Crippen LogP contribution in [0.25, 0.3) is 0 Å². The van der Waals surface area contributed by atoms with E-state index in [4.69, 9.17) is 14.2 Å². The number of hydrogen-bond acceptors (Lipinski definition) is 5. The van der Waals surface area contributed by atoms with E-state index in [9.17, 15) is 9.59 Å². The Morgan fingerprint density at radius 1 is 1.10 bits per heavy atom. The minimum Gasteiger partial charge on any atom is -0.492 e. The van der Waals surface area contributed by atoms with Gasteiger partial charge >= 0.3 is 5.97 Å². The van der Waals surface area contributed by atoms with Crippen LogP contribution in [0.5, 0.6) is 5.75 Å². The number of carbonyl (C=O) groups is 2. The summed E-state index contributed by atoms with van der Waals surface area (Å²) in [7, 11) is 0. The SMILES string of the molecule is CCCCC[C@](C)(OCC)C(=O)Nc1ccc(OCC(C)C)c(C(=O)OCC)c1. The van der Waals surface area contributed by atoms with E-state index in [0.29, 0.717) is 42.6 Å². The lowest BCUT2D eigenvalue weighted by atomic mass is 9.96. The first-order chi connectivity index (χ1) is 13.8. The summed E-state index contributed by atoms with van der Waals surface area (Å²) >= 11 is 0. The lowest BCUT2D eigenvalue weighted by molar-refractivity contribution is -0.139. The van der Waals surface area contributed by atoms with Gasteiger partial charge in [0.25, 0.3) is 5.91 Å². The van der Waals surface area contributed by atoms with E-state index in [-0.39, 0.29) is 12.5 Å². The zero-order valence-corrected chi connectivity index (χ0v) is 18.8. The summed E-state index contributed by atoms with van der Waals surface area (Å²) in [5, 5.41) is 2.90. The van der Waals surface area contributed by atoms with Gasteiger partial charge in [0.1, 0.15) is 16.9 Å². The van der Waals surface area contributed by atoms with Gasteiger partial charge in [-0.25, -0.2) is 4.79 Å². The number of esters is 1. The number of unbranched alkanes of at least 4 members (excludes halogenated alkanes) is 2. The van der Waals surface area contributed by atoms with Crippen LogP contribution in [0.15, 0.2) is 18.2 Å². The van der Waals surface area contributed by atoms with E-state index in [0.717, 1.165) is 19.3 Å². The molecular formula is C23H37NO5. The molecule has 164 valence electrons. The van der Waals surface area contributed by atoms with Gasteiger partial charge in [-0.15, -0.1) is 0 Å². The molecule has 1 atom stereocenters. The van der Waals surface area contributed by atoms with Crippen LogP contribution in [0.3, 0.4) is 0 Å². The fraction of sp³-hybridized carbons (Fsp3) is 0.652. The standard InChI is InChI=1S/C23H37NO5/c1-7-10-11-14-23(6,29-9-3)22(26)24-18-12-13-20(28-16-17(4)5)19(15-18)21(25)27-8-2/h12-13,15,17H,7-11,14,16H2,1-6H3,(H,24,26)/t23-/m0/s1. The van der Waals surface area contributed by atoms with Crippen LogP contribution >= 0.6 is 0 Å². The normalized spacial score (nSPS) is 13.1. The number of amides is 1. The van der Waals surface area contributed by atoms with Crippen molar-refractivity contribution in [2.45, 2.75) is 72.8 Å². The molecular weight excluding hydrogens is 370 g/mol. The van der Waals surface area contributed by atoms with Crippen molar-refractivity contribution in [3.63, 3.8) is 0 Å². The van der Waals surface area contributed by atoms with Crippen molar-refractivity contribution in [3.05, 3.63) is 23.8 Å². The minimum absolute atomic E-state index is 0.221. The van der Waals surface area contributed by atoms with Crippen molar-refractivity contribution in [2.75, 3.05) is 25.1 Å². The van der Waals surface area contributed by atoms with Gasteiger partial charge in [0.2, 0.25) is 0 Å². The Morgan fingerprint density at radius 3 is 2.41 bits per heavy atom. The van der Waals surface area contributed by atoms with Gasteiger partial charge in [0, 0.05) is 12.3 Å². The summed E-state index contributed by atoms with van der Waals surface area (Å²) in [6, 6.07) is 5.03. The number of hydrogen-bond donors (Lipinski definition) is 1. The lowest BCUT2D eigenvalue weighted by Gasteiger charge is -2.28. The molecule has 1 aromatic carbocycles.